The number of benzene rings is 1. The van der Waals surface area contributed by atoms with E-state index in [-0.39, 0.29) is 0 Å². The Balaban J connectivity index is 1.98. The first-order valence-electron chi connectivity index (χ1n) is 5.32. The number of hydrogen-bond acceptors (Lipinski definition) is 4. The van der Waals surface area contributed by atoms with Gasteiger partial charge in [-0.25, -0.2) is 15.0 Å². The number of aromatic nitrogens is 4. The number of H-pyrrole nitrogens is 1. The molecule has 0 bridgehead atoms. The molecule has 0 saturated heterocycles. The summed E-state index contributed by atoms with van der Waals surface area (Å²) < 4.78 is 1.02. The lowest BCUT2D eigenvalue weighted by atomic mass is 10.2. The topological polar surface area (TPSA) is 54.5 Å². The number of nitrogens with one attached hydrogen (secondary N) is 1. The summed E-state index contributed by atoms with van der Waals surface area (Å²) in [6.45, 7) is 2.07. The summed E-state index contributed by atoms with van der Waals surface area (Å²) in [6, 6.07) is 6.18. The first kappa shape index (κ1) is 11.9. The Bertz CT molecular complexity index is 710. The van der Waals surface area contributed by atoms with Gasteiger partial charge < -0.3 is 4.98 Å². The molecule has 0 atom stereocenters. The van der Waals surface area contributed by atoms with Crippen molar-refractivity contribution in [2.75, 3.05) is 0 Å². The van der Waals surface area contributed by atoms with Gasteiger partial charge in [0.2, 0.25) is 0 Å². The van der Waals surface area contributed by atoms with Crippen molar-refractivity contribution in [3.05, 3.63) is 39.9 Å². The third-order valence-electron chi connectivity index (χ3n) is 2.44. The fourth-order valence-corrected chi connectivity index (χ4v) is 2.99. The van der Waals surface area contributed by atoms with E-state index in [9.17, 15) is 0 Å². The molecule has 2 aromatic heterocycles. The smallest absolute Gasteiger partial charge is 0.172 e. The van der Waals surface area contributed by atoms with Crippen LogP contribution in [0.2, 0.25) is 0 Å². The van der Waals surface area contributed by atoms with Gasteiger partial charge in [-0.2, -0.15) is 0 Å². The largest absolute Gasteiger partial charge is 0.333 e. The third kappa shape index (κ3) is 2.35. The number of rotatable bonds is 2. The molecule has 0 aliphatic carbocycles. The van der Waals surface area contributed by atoms with Gasteiger partial charge in [0.25, 0.3) is 0 Å². The van der Waals surface area contributed by atoms with Gasteiger partial charge in [0, 0.05) is 6.20 Å². The van der Waals surface area contributed by atoms with Gasteiger partial charge in [-0.15, -0.1) is 0 Å². The lowest BCUT2D eigenvalue weighted by Gasteiger charge is -1.98. The van der Waals surface area contributed by atoms with Crippen molar-refractivity contribution in [3.63, 3.8) is 0 Å². The molecule has 4 nitrogen and oxygen atoms in total. The molecule has 0 aliphatic rings. The van der Waals surface area contributed by atoms with E-state index in [4.69, 9.17) is 0 Å². The SMILES string of the molecule is Cc1ccc2nc(Sc3ncncc3I)[nH]c2c1. The molecule has 1 N–H and O–H groups in total. The molecule has 0 radical (unpaired) electrons. The highest BCUT2D eigenvalue weighted by molar-refractivity contribution is 14.1. The zero-order valence-electron chi connectivity index (χ0n) is 9.51. The van der Waals surface area contributed by atoms with E-state index in [1.807, 2.05) is 6.07 Å². The molecule has 0 aliphatic heterocycles. The number of nitrogens with zero attached hydrogens (tertiary/aromatic N) is 3. The Labute approximate surface area is 122 Å². The molecular weight excluding hydrogens is 359 g/mol. The maximum atomic E-state index is 4.53. The van der Waals surface area contributed by atoms with Crippen LogP contribution in [-0.4, -0.2) is 19.9 Å². The van der Waals surface area contributed by atoms with Gasteiger partial charge in [-0.05, 0) is 59.0 Å². The van der Waals surface area contributed by atoms with Crippen molar-refractivity contribution < 1.29 is 0 Å². The van der Waals surface area contributed by atoms with Crippen LogP contribution in [0.3, 0.4) is 0 Å². The quantitative estimate of drug-likeness (QED) is 0.556. The van der Waals surface area contributed by atoms with Crippen LogP contribution < -0.4 is 0 Å². The zero-order chi connectivity index (χ0) is 12.5. The molecule has 90 valence electrons. The number of halogens is 1. The van der Waals surface area contributed by atoms with E-state index in [0.29, 0.717) is 0 Å². The highest BCUT2D eigenvalue weighted by atomic mass is 127. The first-order valence-corrected chi connectivity index (χ1v) is 7.21. The van der Waals surface area contributed by atoms with E-state index in [1.54, 1.807) is 12.5 Å². The second-order valence-electron chi connectivity index (χ2n) is 3.84. The summed E-state index contributed by atoms with van der Waals surface area (Å²) in [5, 5.41) is 1.77. The van der Waals surface area contributed by atoms with Crippen LogP contribution >= 0.6 is 34.4 Å². The zero-order valence-corrected chi connectivity index (χ0v) is 12.5. The average molecular weight is 368 g/mol. The van der Waals surface area contributed by atoms with Crippen molar-refractivity contribution in [1.82, 2.24) is 19.9 Å². The van der Waals surface area contributed by atoms with Gasteiger partial charge in [0.1, 0.15) is 11.4 Å². The summed E-state index contributed by atoms with van der Waals surface area (Å²) in [5.41, 5.74) is 3.26. The van der Waals surface area contributed by atoms with Gasteiger partial charge in [-0.3, -0.25) is 0 Å². The Morgan fingerprint density at radius 2 is 2.22 bits per heavy atom. The number of aromatic amines is 1. The lowest BCUT2D eigenvalue weighted by molar-refractivity contribution is 1.00. The number of hydrogen-bond donors (Lipinski definition) is 1. The third-order valence-corrected chi connectivity index (χ3v) is 4.50. The Morgan fingerprint density at radius 1 is 1.33 bits per heavy atom. The van der Waals surface area contributed by atoms with Crippen LogP contribution in [0.1, 0.15) is 5.56 Å². The maximum absolute atomic E-state index is 4.53. The number of fused-ring (bicyclic) bond motifs is 1. The molecule has 1 aromatic carbocycles. The lowest BCUT2D eigenvalue weighted by Crippen LogP contribution is -1.87. The van der Waals surface area contributed by atoms with Crippen molar-refractivity contribution in [3.8, 4) is 0 Å². The van der Waals surface area contributed by atoms with Crippen molar-refractivity contribution >= 4 is 45.4 Å². The van der Waals surface area contributed by atoms with Gasteiger partial charge in [0.05, 0.1) is 14.6 Å². The second kappa shape index (κ2) is 4.85. The van der Waals surface area contributed by atoms with Crippen LogP contribution in [0, 0.1) is 10.5 Å². The molecule has 18 heavy (non-hydrogen) atoms. The molecule has 3 aromatic rings. The minimum Gasteiger partial charge on any atom is -0.333 e. The fourth-order valence-electron chi connectivity index (χ4n) is 1.62. The van der Waals surface area contributed by atoms with Crippen LogP contribution in [-0.2, 0) is 0 Å². The van der Waals surface area contributed by atoms with E-state index in [2.05, 4.69) is 61.6 Å². The Morgan fingerprint density at radius 3 is 3.06 bits per heavy atom. The normalized spacial score (nSPS) is 11.0. The molecule has 0 amide bonds. The predicted molar refractivity (Wildman–Crippen MR) is 79.7 cm³/mol. The van der Waals surface area contributed by atoms with Crippen molar-refractivity contribution in [2.45, 2.75) is 17.1 Å². The monoisotopic (exact) mass is 368 g/mol. The van der Waals surface area contributed by atoms with E-state index in [1.165, 1.54) is 17.3 Å². The minimum atomic E-state index is 0.854. The molecule has 0 spiro atoms. The van der Waals surface area contributed by atoms with Crippen LogP contribution in [0.25, 0.3) is 11.0 Å². The molecule has 6 heteroatoms. The Kier molecular flexibility index (Phi) is 3.21. The van der Waals surface area contributed by atoms with Gasteiger partial charge >= 0.3 is 0 Å². The fraction of sp³-hybridized carbons (Fsp3) is 0.0833. The molecular formula is C12H9IN4S. The van der Waals surface area contributed by atoms with E-state index >= 15 is 0 Å². The minimum absolute atomic E-state index is 0.854. The first-order chi connectivity index (χ1) is 8.72. The summed E-state index contributed by atoms with van der Waals surface area (Å²) in [5.74, 6) is 0. The highest BCUT2D eigenvalue weighted by Crippen LogP contribution is 2.28. The number of imidazole rings is 1. The predicted octanol–water partition coefficient (Wildman–Crippen LogP) is 3.42. The summed E-state index contributed by atoms with van der Waals surface area (Å²) in [7, 11) is 0. The van der Waals surface area contributed by atoms with Crippen molar-refractivity contribution in [1.29, 1.82) is 0 Å². The number of aryl methyl sites for hydroxylation is 1. The van der Waals surface area contributed by atoms with Gasteiger partial charge in [-0.1, -0.05) is 6.07 Å². The maximum Gasteiger partial charge on any atom is 0.172 e. The highest BCUT2D eigenvalue weighted by Gasteiger charge is 2.08. The molecule has 0 saturated carbocycles. The summed E-state index contributed by atoms with van der Waals surface area (Å²) in [6.07, 6.45) is 3.35. The summed E-state index contributed by atoms with van der Waals surface area (Å²) >= 11 is 3.74. The molecule has 0 unspecified atom stereocenters. The van der Waals surface area contributed by atoms with Crippen LogP contribution in [0.5, 0.6) is 0 Å². The Hall–Kier alpha value is -1.15. The van der Waals surface area contributed by atoms with Crippen molar-refractivity contribution in [2.24, 2.45) is 0 Å². The molecule has 0 fully saturated rings. The van der Waals surface area contributed by atoms with E-state index in [0.717, 1.165) is 24.8 Å². The van der Waals surface area contributed by atoms with Gasteiger partial charge in [0.15, 0.2) is 5.16 Å². The molecule has 3 rings (SSSR count). The molecule has 2 heterocycles. The summed E-state index contributed by atoms with van der Waals surface area (Å²) in [4.78, 5) is 16.1. The average Bonchev–Trinajstić information content (AvgIpc) is 2.73. The van der Waals surface area contributed by atoms with Crippen LogP contribution in [0.15, 0.2) is 40.9 Å². The van der Waals surface area contributed by atoms with E-state index < -0.39 is 0 Å². The standard InChI is InChI=1S/C12H9IN4S/c1-7-2-3-9-10(4-7)17-12(16-9)18-11-8(13)5-14-6-15-11/h2-6H,1H3,(H,16,17). The second-order valence-corrected chi connectivity index (χ2v) is 5.98. The van der Waals surface area contributed by atoms with Crippen LogP contribution in [0.4, 0.5) is 0 Å².